The molecule has 0 saturated carbocycles. The molecule has 2 aromatic carbocycles. The average Bonchev–Trinajstić information content (AvgIpc) is 3.33. The summed E-state index contributed by atoms with van der Waals surface area (Å²) in [5, 5.41) is 17.9. The number of aliphatic carboxylic acids is 1. The first-order valence-corrected chi connectivity index (χ1v) is 11.4. The SMILES string of the molecule is COc1cc(OC)cc(-c2nnc(S/C(=C/c3ccc(N4CCCCC4)cc3)C(=O)O)o2)c1. The number of nitrogens with zero attached hydrogens (tertiary/aromatic N) is 3. The molecule has 0 radical (unpaired) electrons. The number of carboxylic acids is 1. The number of thioether (sulfide) groups is 1. The van der Waals surface area contributed by atoms with Gasteiger partial charge in [0, 0.05) is 30.4 Å². The fraction of sp³-hybridized carbons (Fsp3) is 0.292. The summed E-state index contributed by atoms with van der Waals surface area (Å²) in [6.45, 7) is 2.12. The number of hydrogen-bond acceptors (Lipinski definition) is 8. The van der Waals surface area contributed by atoms with Crippen LogP contribution in [-0.2, 0) is 4.79 Å². The molecule has 1 aromatic heterocycles. The van der Waals surface area contributed by atoms with Crippen molar-refractivity contribution < 1.29 is 23.8 Å². The molecule has 4 rings (SSSR count). The molecule has 1 aliphatic heterocycles. The van der Waals surface area contributed by atoms with E-state index in [4.69, 9.17) is 13.9 Å². The van der Waals surface area contributed by atoms with E-state index in [2.05, 4.69) is 15.1 Å². The lowest BCUT2D eigenvalue weighted by Gasteiger charge is -2.28. The molecule has 0 unspecified atom stereocenters. The molecule has 9 heteroatoms. The zero-order valence-corrected chi connectivity index (χ0v) is 19.3. The van der Waals surface area contributed by atoms with Gasteiger partial charge >= 0.3 is 5.97 Å². The van der Waals surface area contributed by atoms with Gasteiger partial charge in [0.1, 0.15) is 16.4 Å². The summed E-state index contributed by atoms with van der Waals surface area (Å²) < 4.78 is 16.2. The number of ether oxygens (including phenoxy) is 2. The van der Waals surface area contributed by atoms with Crippen molar-refractivity contribution in [1.82, 2.24) is 10.2 Å². The third kappa shape index (κ3) is 5.67. The lowest BCUT2D eigenvalue weighted by Crippen LogP contribution is -2.29. The lowest BCUT2D eigenvalue weighted by molar-refractivity contribution is -0.131. The van der Waals surface area contributed by atoms with Crippen LogP contribution in [0.1, 0.15) is 24.8 Å². The van der Waals surface area contributed by atoms with Gasteiger partial charge in [0.05, 0.1) is 14.2 Å². The Morgan fingerprint density at radius 3 is 2.30 bits per heavy atom. The fourth-order valence-electron chi connectivity index (χ4n) is 3.61. The third-order valence-electron chi connectivity index (χ3n) is 5.32. The van der Waals surface area contributed by atoms with Crippen molar-refractivity contribution in [3.05, 3.63) is 52.9 Å². The van der Waals surface area contributed by atoms with Crippen LogP contribution in [0.25, 0.3) is 17.5 Å². The normalized spacial score (nSPS) is 14.2. The van der Waals surface area contributed by atoms with Crippen molar-refractivity contribution in [3.63, 3.8) is 0 Å². The number of carboxylic acid groups (broad SMARTS) is 1. The molecule has 8 nitrogen and oxygen atoms in total. The molecule has 1 fully saturated rings. The highest BCUT2D eigenvalue weighted by Gasteiger charge is 2.17. The lowest BCUT2D eigenvalue weighted by atomic mass is 10.1. The van der Waals surface area contributed by atoms with E-state index in [1.165, 1.54) is 19.3 Å². The summed E-state index contributed by atoms with van der Waals surface area (Å²) in [4.78, 5) is 14.3. The van der Waals surface area contributed by atoms with Crippen molar-refractivity contribution in [3.8, 4) is 23.0 Å². The topological polar surface area (TPSA) is 97.9 Å². The van der Waals surface area contributed by atoms with E-state index >= 15 is 0 Å². The van der Waals surface area contributed by atoms with Gasteiger partial charge in [0.2, 0.25) is 5.89 Å². The van der Waals surface area contributed by atoms with Crippen LogP contribution in [-0.4, -0.2) is 48.6 Å². The monoisotopic (exact) mass is 467 g/mol. The molecular formula is C24H25N3O5S. The van der Waals surface area contributed by atoms with Crippen molar-refractivity contribution in [2.75, 3.05) is 32.2 Å². The molecule has 33 heavy (non-hydrogen) atoms. The van der Waals surface area contributed by atoms with Crippen LogP contribution in [0, 0.1) is 0 Å². The molecule has 0 amide bonds. The van der Waals surface area contributed by atoms with E-state index in [-0.39, 0.29) is 16.0 Å². The first-order chi connectivity index (χ1) is 16.1. The minimum Gasteiger partial charge on any atom is -0.497 e. The quantitative estimate of drug-likeness (QED) is 0.364. The number of hydrogen-bond donors (Lipinski definition) is 1. The van der Waals surface area contributed by atoms with E-state index in [9.17, 15) is 9.90 Å². The van der Waals surface area contributed by atoms with Gasteiger partial charge in [-0.15, -0.1) is 10.2 Å². The van der Waals surface area contributed by atoms with Crippen LogP contribution >= 0.6 is 11.8 Å². The summed E-state index contributed by atoms with van der Waals surface area (Å²) in [6, 6.07) is 13.1. The number of carbonyl (C=O) groups is 1. The maximum Gasteiger partial charge on any atom is 0.342 e. The standard InChI is InChI=1S/C24H25N3O5S/c1-30-19-13-17(14-20(15-19)31-2)22-25-26-24(32-22)33-21(23(28)29)12-16-6-8-18(9-7-16)27-10-4-3-5-11-27/h6-9,12-15H,3-5,10-11H2,1-2H3,(H,28,29)/b21-12+. The Morgan fingerprint density at radius 2 is 1.70 bits per heavy atom. The molecule has 1 saturated heterocycles. The number of benzene rings is 2. The highest BCUT2D eigenvalue weighted by molar-refractivity contribution is 8.03. The van der Waals surface area contributed by atoms with Gasteiger partial charge in [-0.1, -0.05) is 12.1 Å². The maximum absolute atomic E-state index is 11.8. The smallest absolute Gasteiger partial charge is 0.342 e. The maximum atomic E-state index is 11.8. The highest BCUT2D eigenvalue weighted by atomic mass is 32.2. The van der Waals surface area contributed by atoms with Gasteiger partial charge in [-0.25, -0.2) is 4.79 Å². The largest absolute Gasteiger partial charge is 0.497 e. The van der Waals surface area contributed by atoms with Gasteiger partial charge in [0.15, 0.2) is 0 Å². The van der Waals surface area contributed by atoms with Crippen LogP contribution < -0.4 is 14.4 Å². The third-order valence-corrected chi connectivity index (χ3v) is 6.18. The van der Waals surface area contributed by atoms with E-state index in [1.54, 1.807) is 38.5 Å². The molecule has 172 valence electrons. The summed E-state index contributed by atoms with van der Waals surface area (Å²) in [6.07, 6.45) is 5.29. The second-order valence-corrected chi connectivity index (χ2v) is 8.52. The molecule has 1 N–H and O–H groups in total. The summed E-state index contributed by atoms with van der Waals surface area (Å²) in [5.74, 6) is 0.333. The predicted molar refractivity (Wildman–Crippen MR) is 127 cm³/mol. The Labute approximate surface area is 196 Å². The second-order valence-electron chi connectivity index (χ2n) is 7.53. The summed E-state index contributed by atoms with van der Waals surface area (Å²) in [7, 11) is 3.10. The Kier molecular flexibility index (Phi) is 7.19. The predicted octanol–water partition coefficient (Wildman–Crippen LogP) is 4.96. The summed E-state index contributed by atoms with van der Waals surface area (Å²) in [5.41, 5.74) is 2.56. The fourth-order valence-corrected chi connectivity index (χ4v) is 4.29. The Bertz CT molecular complexity index is 1120. The number of piperidine rings is 1. The molecule has 0 spiro atoms. The van der Waals surface area contributed by atoms with Crippen molar-refractivity contribution in [2.45, 2.75) is 24.5 Å². The Balaban J connectivity index is 1.51. The van der Waals surface area contributed by atoms with Gasteiger partial charge in [-0.3, -0.25) is 0 Å². The van der Waals surface area contributed by atoms with Gasteiger partial charge in [-0.05, 0) is 66.9 Å². The second kappa shape index (κ2) is 10.4. The average molecular weight is 468 g/mol. The molecule has 0 bridgehead atoms. The van der Waals surface area contributed by atoms with Crippen molar-refractivity contribution >= 4 is 29.5 Å². The molecule has 1 aliphatic rings. The van der Waals surface area contributed by atoms with E-state index < -0.39 is 5.97 Å². The number of aromatic nitrogens is 2. The van der Waals surface area contributed by atoms with Crippen LogP contribution in [0.4, 0.5) is 5.69 Å². The zero-order valence-electron chi connectivity index (χ0n) is 18.5. The minimum absolute atomic E-state index is 0.0825. The number of anilines is 1. The number of methoxy groups -OCH3 is 2. The van der Waals surface area contributed by atoms with Crippen LogP contribution in [0.2, 0.25) is 0 Å². The molecule has 0 atom stereocenters. The molecule has 2 heterocycles. The van der Waals surface area contributed by atoms with Crippen LogP contribution in [0.15, 0.2) is 57.0 Å². The van der Waals surface area contributed by atoms with E-state index in [1.807, 2.05) is 24.3 Å². The number of rotatable bonds is 8. The first-order valence-electron chi connectivity index (χ1n) is 10.6. The van der Waals surface area contributed by atoms with Crippen molar-refractivity contribution in [1.29, 1.82) is 0 Å². The Morgan fingerprint density at radius 1 is 1.03 bits per heavy atom. The van der Waals surface area contributed by atoms with Gasteiger partial charge in [-0.2, -0.15) is 0 Å². The first kappa shape index (κ1) is 22.7. The van der Waals surface area contributed by atoms with Crippen molar-refractivity contribution in [2.24, 2.45) is 0 Å². The molecular weight excluding hydrogens is 442 g/mol. The van der Waals surface area contributed by atoms with Crippen LogP contribution in [0.3, 0.4) is 0 Å². The van der Waals surface area contributed by atoms with E-state index in [0.717, 1.165) is 36.1 Å². The molecule has 0 aliphatic carbocycles. The van der Waals surface area contributed by atoms with Gasteiger partial charge in [0.25, 0.3) is 5.22 Å². The van der Waals surface area contributed by atoms with Gasteiger partial charge < -0.3 is 23.9 Å². The Hall–Kier alpha value is -3.46. The highest BCUT2D eigenvalue weighted by Crippen LogP contribution is 2.33. The van der Waals surface area contributed by atoms with Crippen LogP contribution in [0.5, 0.6) is 11.5 Å². The minimum atomic E-state index is -1.07. The van der Waals surface area contributed by atoms with E-state index in [0.29, 0.717) is 17.1 Å². The molecule has 3 aromatic rings. The zero-order chi connectivity index (χ0) is 23.2. The summed E-state index contributed by atoms with van der Waals surface area (Å²) >= 11 is 0.908.